The molecule has 0 aromatic carbocycles. The zero-order valence-electron chi connectivity index (χ0n) is 8.30. The van der Waals surface area contributed by atoms with Crippen molar-refractivity contribution in [3.8, 4) is 12.3 Å². The van der Waals surface area contributed by atoms with E-state index in [1.165, 1.54) is 0 Å². The average molecular weight is 183 g/mol. The Hall–Kier alpha value is -1.01. The minimum Gasteiger partial charge on any atom is -0.372 e. The molecule has 0 saturated heterocycles. The van der Waals surface area contributed by atoms with Gasteiger partial charge in [0.25, 0.3) is 0 Å². The standard InChI is InChI=1S/C10H17NO2/c1-4-7-13-8-10(12)11-9(5-2)6-3/h2,9H,4,6-8H2,1,3H3,(H,11,12). The molecule has 0 heterocycles. The molecule has 1 atom stereocenters. The third-order valence-electron chi connectivity index (χ3n) is 1.53. The number of terminal acetylenes is 1. The van der Waals surface area contributed by atoms with Crippen LogP contribution in [0, 0.1) is 12.3 Å². The lowest BCUT2D eigenvalue weighted by atomic mass is 10.2. The van der Waals surface area contributed by atoms with Crippen LogP contribution >= 0.6 is 0 Å². The molecule has 1 N–H and O–H groups in total. The van der Waals surface area contributed by atoms with Gasteiger partial charge in [0.1, 0.15) is 6.61 Å². The van der Waals surface area contributed by atoms with E-state index in [0.717, 1.165) is 12.8 Å². The van der Waals surface area contributed by atoms with Crippen molar-refractivity contribution < 1.29 is 9.53 Å². The topological polar surface area (TPSA) is 38.3 Å². The highest BCUT2D eigenvalue weighted by molar-refractivity contribution is 5.77. The van der Waals surface area contributed by atoms with E-state index in [1.807, 2.05) is 13.8 Å². The molecule has 3 nitrogen and oxygen atoms in total. The molecule has 74 valence electrons. The van der Waals surface area contributed by atoms with Gasteiger partial charge in [-0.05, 0) is 12.8 Å². The fourth-order valence-corrected chi connectivity index (χ4v) is 0.807. The summed E-state index contributed by atoms with van der Waals surface area (Å²) >= 11 is 0. The fourth-order valence-electron chi connectivity index (χ4n) is 0.807. The van der Waals surface area contributed by atoms with Crippen LogP contribution in [0.15, 0.2) is 0 Å². The first kappa shape index (κ1) is 12.0. The van der Waals surface area contributed by atoms with Crippen molar-refractivity contribution in [1.29, 1.82) is 0 Å². The lowest BCUT2D eigenvalue weighted by Gasteiger charge is -2.10. The van der Waals surface area contributed by atoms with Gasteiger partial charge in [0.2, 0.25) is 5.91 Å². The molecule has 0 fully saturated rings. The monoisotopic (exact) mass is 183 g/mol. The Morgan fingerprint density at radius 1 is 1.62 bits per heavy atom. The summed E-state index contributed by atoms with van der Waals surface area (Å²) < 4.78 is 5.05. The predicted molar refractivity (Wildman–Crippen MR) is 52.2 cm³/mol. The van der Waals surface area contributed by atoms with Gasteiger partial charge >= 0.3 is 0 Å². The first-order valence-electron chi connectivity index (χ1n) is 4.57. The van der Waals surface area contributed by atoms with Crippen LogP contribution in [0.1, 0.15) is 26.7 Å². The predicted octanol–water partition coefficient (Wildman–Crippen LogP) is 0.941. The summed E-state index contributed by atoms with van der Waals surface area (Å²) in [5, 5.41) is 2.68. The van der Waals surface area contributed by atoms with Gasteiger partial charge < -0.3 is 10.1 Å². The van der Waals surface area contributed by atoms with Gasteiger partial charge in [-0.15, -0.1) is 6.42 Å². The highest BCUT2D eigenvalue weighted by Gasteiger charge is 2.06. The maximum Gasteiger partial charge on any atom is 0.246 e. The largest absolute Gasteiger partial charge is 0.372 e. The summed E-state index contributed by atoms with van der Waals surface area (Å²) in [5.74, 6) is 2.35. The van der Waals surface area contributed by atoms with Crippen molar-refractivity contribution in [3.63, 3.8) is 0 Å². The van der Waals surface area contributed by atoms with Gasteiger partial charge in [0.05, 0.1) is 6.04 Å². The SMILES string of the molecule is C#CC(CC)NC(=O)COCCC. The van der Waals surface area contributed by atoms with Crippen LogP contribution in [0.5, 0.6) is 0 Å². The molecule has 0 aliphatic heterocycles. The Kier molecular flexibility index (Phi) is 7.04. The molecular formula is C10H17NO2. The molecule has 0 rings (SSSR count). The highest BCUT2D eigenvalue weighted by Crippen LogP contribution is 1.88. The smallest absolute Gasteiger partial charge is 0.246 e. The van der Waals surface area contributed by atoms with Gasteiger partial charge in [-0.1, -0.05) is 19.8 Å². The van der Waals surface area contributed by atoms with E-state index in [-0.39, 0.29) is 18.6 Å². The van der Waals surface area contributed by atoms with E-state index < -0.39 is 0 Å². The first-order chi connectivity index (χ1) is 6.24. The van der Waals surface area contributed by atoms with Gasteiger partial charge in [-0.25, -0.2) is 0 Å². The quantitative estimate of drug-likeness (QED) is 0.491. The van der Waals surface area contributed by atoms with Crippen molar-refractivity contribution in [1.82, 2.24) is 5.32 Å². The zero-order chi connectivity index (χ0) is 10.1. The molecule has 1 amide bonds. The molecule has 0 bridgehead atoms. The van der Waals surface area contributed by atoms with Crippen LogP contribution in [-0.4, -0.2) is 25.2 Å². The second kappa shape index (κ2) is 7.63. The first-order valence-corrected chi connectivity index (χ1v) is 4.57. The molecule has 3 heteroatoms. The average Bonchev–Trinajstić information content (AvgIpc) is 2.14. The van der Waals surface area contributed by atoms with Gasteiger partial charge in [0.15, 0.2) is 0 Å². The summed E-state index contributed by atoms with van der Waals surface area (Å²) in [6.45, 7) is 4.64. The minimum atomic E-state index is -0.169. The summed E-state index contributed by atoms with van der Waals surface area (Å²) in [5.41, 5.74) is 0. The number of hydrogen-bond donors (Lipinski definition) is 1. The van der Waals surface area contributed by atoms with Crippen LogP contribution < -0.4 is 5.32 Å². The molecule has 0 aromatic heterocycles. The fraction of sp³-hybridized carbons (Fsp3) is 0.700. The van der Waals surface area contributed by atoms with Crippen LogP contribution in [0.2, 0.25) is 0 Å². The van der Waals surface area contributed by atoms with Crippen molar-refractivity contribution >= 4 is 5.91 Å². The lowest BCUT2D eigenvalue weighted by Crippen LogP contribution is -2.35. The van der Waals surface area contributed by atoms with Gasteiger partial charge in [0, 0.05) is 6.61 Å². The second-order valence-corrected chi connectivity index (χ2v) is 2.75. The number of carbonyl (C=O) groups is 1. The van der Waals surface area contributed by atoms with Crippen molar-refractivity contribution in [2.24, 2.45) is 0 Å². The number of nitrogens with one attached hydrogen (secondary N) is 1. The number of rotatable bonds is 6. The van der Waals surface area contributed by atoms with Crippen molar-refractivity contribution in [2.75, 3.05) is 13.2 Å². The lowest BCUT2D eigenvalue weighted by molar-refractivity contribution is -0.126. The molecule has 0 spiro atoms. The van der Waals surface area contributed by atoms with E-state index >= 15 is 0 Å². The summed E-state index contributed by atoms with van der Waals surface area (Å²) in [4.78, 5) is 11.1. The van der Waals surface area contributed by atoms with E-state index in [4.69, 9.17) is 11.2 Å². The Balaban J connectivity index is 3.56. The van der Waals surface area contributed by atoms with Crippen LogP contribution in [0.4, 0.5) is 0 Å². The molecule has 1 unspecified atom stereocenters. The molecule has 0 aliphatic rings. The molecule has 0 aliphatic carbocycles. The highest BCUT2D eigenvalue weighted by atomic mass is 16.5. The Bertz CT molecular complexity index is 184. The maximum atomic E-state index is 11.1. The Morgan fingerprint density at radius 2 is 2.31 bits per heavy atom. The molecule has 0 aromatic rings. The van der Waals surface area contributed by atoms with Crippen molar-refractivity contribution in [2.45, 2.75) is 32.7 Å². The third kappa shape index (κ3) is 6.18. The van der Waals surface area contributed by atoms with E-state index in [2.05, 4.69) is 11.2 Å². The van der Waals surface area contributed by atoms with E-state index in [9.17, 15) is 4.79 Å². The van der Waals surface area contributed by atoms with Crippen LogP contribution in [-0.2, 0) is 9.53 Å². The Morgan fingerprint density at radius 3 is 2.77 bits per heavy atom. The zero-order valence-corrected chi connectivity index (χ0v) is 8.30. The molecule has 13 heavy (non-hydrogen) atoms. The third-order valence-corrected chi connectivity index (χ3v) is 1.53. The summed E-state index contributed by atoms with van der Waals surface area (Å²) in [6.07, 6.45) is 6.84. The van der Waals surface area contributed by atoms with E-state index in [1.54, 1.807) is 0 Å². The van der Waals surface area contributed by atoms with Crippen LogP contribution in [0.25, 0.3) is 0 Å². The second-order valence-electron chi connectivity index (χ2n) is 2.75. The molecular weight excluding hydrogens is 166 g/mol. The number of amides is 1. The molecule has 0 saturated carbocycles. The summed E-state index contributed by atoms with van der Waals surface area (Å²) in [6, 6.07) is -0.169. The number of ether oxygens (including phenoxy) is 1. The van der Waals surface area contributed by atoms with Crippen molar-refractivity contribution in [3.05, 3.63) is 0 Å². The normalized spacial score (nSPS) is 11.8. The van der Waals surface area contributed by atoms with Gasteiger partial charge in [-0.3, -0.25) is 4.79 Å². The Labute approximate surface area is 79.8 Å². The molecule has 0 radical (unpaired) electrons. The maximum absolute atomic E-state index is 11.1. The summed E-state index contributed by atoms with van der Waals surface area (Å²) in [7, 11) is 0. The number of carbonyl (C=O) groups excluding carboxylic acids is 1. The van der Waals surface area contributed by atoms with Gasteiger partial charge in [-0.2, -0.15) is 0 Å². The minimum absolute atomic E-state index is 0.103. The number of hydrogen-bond acceptors (Lipinski definition) is 2. The van der Waals surface area contributed by atoms with E-state index in [0.29, 0.717) is 6.61 Å². The van der Waals surface area contributed by atoms with Crippen LogP contribution in [0.3, 0.4) is 0 Å².